The van der Waals surface area contributed by atoms with Crippen LogP contribution in [0.5, 0.6) is 17.2 Å². The molecular formula is C58H50N4O7. The van der Waals surface area contributed by atoms with Crippen LogP contribution in [-0.2, 0) is 23.9 Å². The first-order valence-corrected chi connectivity index (χ1v) is 23.1. The number of aryl methyl sites for hydroxylation is 1. The van der Waals surface area contributed by atoms with E-state index >= 15 is 0 Å². The van der Waals surface area contributed by atoms with Crippen molar-refractivity contribution in [3.8, 4) is 39.5 Å². The highest BCUT2D eigenvalue weighted by Gasteiger charge is 2.60. The van der Waals surface area contributed by atoms with Crippen LogP contribution in [0.2, 0.25) is 0 Å². The number of para-hydroxylation sites is 2. The summed E-state index contributed by atoms with van der Waals surface area (Å²) in [5.74, 6) is 1.46. The third-order valence-corrected chi connectivity index (χ3v) is 15.0. The summed E-state index contributed by atoms with van der Waals surface area (Å²) in [7, 11) is 1.50. The van der Waals surface area contributed by atoms with Crippen LogP contribution in [0.1, 0.15) is 66.6 Å². The number of fused-ring (bicyclic) bond motifs is 4. The molecule has 4 aliphatic rings. The van der Waals surface area contributed by atoms with E-state index in [1.54, 1.807) is 12.1 Å². The van der Waals surface area contributed by atoms with Crippen LogP contribution in [-0.4, -0.2) is 28.4 Å². The molecule has 344 valence electrons. The summed E-state index contributed by atoms with van der Waals surface area (Å²) in [6, 6.07) is 48.9. The minimum absolute atomic E-state index is 0.0489. The van der Waals surface area contributed by atoms with Crippen LogP contribution in [0.4, 0.5) is 22.7 Å². The highest BCUT2D eigenvalue weighted by molar-refractivity contribution is 5.77. The van der Waals surface area contributed by atoms with Gasteiger partial charge in [0.25, 0.3) is 11.4 Å². The quantitative estimate of drug-likeness (QED) is 0.103. The fourth-order valence-electron chi connectivity index (χ4n) is 11.1. The minimum Gasteiger partial charge on any atom is -0.493 e. The third-order valence-electron chi connectivity index (χ3n) is 15.0. The molecule has 69 heavy (non-hydrogen) atoms. The number of non-ortho nitro benzene ring substituents is 2. The van der Waals surface area contributed by atoms with E-state index in [1.807, 2.05) is 37.3 Å². The molecule has 0 radical (unpaired) electrons. The van der Waals surface area contributed by atoms with Gasteiger partial charge in [0.1, 0.15) is 5.75 Å². The summed E-state index contributed by atoms with van der Waals surface area (Å²) in [5, 5.41) is 23.4. The van der Waals surface area contributed by atoms with Crippen molar-refractivity contribution in [2.45, 2.75) is 70.0 Å². The van der Waals surface area contributed by atoms with E-state index in [4.69, 9.17) is 14.2 Å². The zero-order valence-electron chi connectivity index (χ0n) is 39.2. The van der Waals surface area contributed by atoms with Crippen molar-refractivity contribution in [1.82, 2.24) is 0 Å². The molecule has 0 fully saturated rings. The molecule has 2 unspecified atom stereocenters. The lowest BCUT2D eigenvalue weighted by atomic mass is 9.76. The van der Waals surface area contributed by atoms with Crippen molar-refractivity contribution in [1.29, 1.82) is 0 Å². The van der Waals surface area contributed by atoms with Gasteiger partial charge in [0.2, 0.25) is 11.4 Å². The average Bonchev–Trinajstić information content (AvgIpc) is 3.64. The van der Waals surface area contributed by atoms with E-state index in [1.165, 1.54) is 24.8 Å². The molecule has 4 heterocycles. The molecule has 7 aromatic rings. The molecule has 2 atom stereocenters. The second-order valence-corrected chi connectivity index (χ2v) is 19.5. The highest BCUT2D eigenvalue weighted by atomic mass is 16.6. The molecule has 0 saturated heterocycles. The van der Waals surface area contributed by atoms with Gasteiger partial charge in [-0.25, -0.2) is 0 Å². The Morgan fingerprint density at radius 3 is 1.36 bits per heavy atom. The first-order chi connectivity index (χ1) is 33.1. The number of anilines is 2. The Bertz CT molecular complexity index is 3310. The molecule has 2 spiro atoms. The van der Waals surface area contributed by atoms with Gasteiger partial charge in [-0.3, -0.25) is 20.2 Å². The summed E-state index contributed by atoms with van der Waals surface area (Å²) in [6.45, 7) is 11.8. The number of rotatable bonds is 9. The predicted octanol–water partition coefficient (Wildman–Crippen LogP) is 13.4. The van der Waals surface area contributed by atoms with Gasteiger partial charge >= 0.3 is 0 Å². The topological polar surface area (TPSA) is 120 Å². The predicted molar refractivity (Wildman–Crippen MR) is 271 cm³/mol. The number of nitro groups is 2. The number of nitrogens with zero attached hydrogens (tertiary/aromatic N) is 4. The summed E-state index contributed by atoms with van der Waals surface area (Å²) in [6.07, 6.45) is 8.01. The number of methoxy groups -OCH3 is 1. The van der Waals surface area contributed by atoms with Gasteiger partial charge in [-0.1, -0.05) is 109 Å². The van der Waals surface area contributed by atoms with Gasteiger partial charge in [-0.05, 0) is 121 Å². The Morgan fingerprint density at radius 1 is 0.536 bits per heavy atom. The lowest BCUT2D eigenvalue weighted by Gasteiger charge is -2.47. The van der Waals surface area contributed by atoms with E-state index in [9.17, 15) is 20.2 Å². The third kappa shape index (κ3) is 6.62. The fraction of sp³-hybridized carbons (Fsp3) is 0.207. The van der Waals surface area contributed by atoms with Crippen LogP contribution < -0.4 is 24.0 Å². The van der Waals surface area contributed by atoms with Gasteiger partial charge in [-0.2, -0.15) is 0 Å². The molecule has 7 aromatic carbocycles. The van der Waals surface area contributed by atoms with E-state index in [-0.39, 0.29) is 16.3 Å². The molecule has 11 nitrogen and oxygen atoms in total. The molecule has 0 bridgehead atoms. The molecule has 0 aromatic heterocycles. The van der Waals surface area contributed by atoms with E-state index in [2.05, 4.69) is 153 Å². The number of ether oxygens (including phenoxy) is 3. The maximum atomic E-state index is 11.7. The van der Waals surface area contributed by atoms with Crippen LogP contribution >= 0.6 is 0 Å². The van der Waals surface area contributed by atoms with Gasteiger partial charge in [-0.15, -0.1) is 0 Å². The van der Waals surface area contributed by atoms with Crippen molar-refractivity contribution >= 4 is 34.9 Å². The normalized spacial score (nSPS) is 19.6. The monoisotopic (exact) mass is 914 g/mol. The van der Waals surface area contributed by atoms with E-state index in [0.717, 1.165) is 55.9 Å². The summed E-state index contributed by atoms with van der Waals surface area (Å²) in [4.78, 5) is 27.3. The van der Waals surface area contributed by atoms with Crippen molar-refractivity contribution in [2.24, 2.45) is 0 Å². The number of nitro benzene ring substituents is 2. The standard InChI is InChI=1S/C58H50N4O7/c1-37-31-46(61(63)64)32-44-27-29-57(68-53(37)44)55(2,3)48-11-7-9-13-50(48)59(57)35-38-15-19-40(20-16-38)42-23-25-43(26-24-42)41-21-17-39(18-22-41)36-60-51-14-10-8-12-49(51)56(4,5)58(60)30-28-45-33-47(62(65)66)34-52(67-6)54(45)69-58/h7-34H,35-36H2,1-6H3. The molecule has 0 N–H and O–H groups in total. The molecular weight excluding hydrogens is 865 g/mol. The zero-order chi connectivity index (χ0) is 48.0. The maximum absolute atomic E-state index is 11.7. The Kier molecular flexibility index (Phi) is 9.87. The molecule has 4 aliphatic heterocycles. The van der Waals surface area contributed by atoms with Crippen LogP contribution in [0, 0.1) is 27.2 Å². The van der Waals surface area contributed by atoms with Crippen molar-refractivity contribution < 1.29 is 24.1 Å². The maximum Gasteiger partial charge on any atom is 0.274 e. The summed E-state index contributed by atoms with van der Waals surface area (Å²) in [5.41, 5.74) is 10.4. The fourth-order valence-corrected chi connectivity index (χ4v) is 11.1. The number of benzene rings is 7. The van der Waals surface area contributed by atoms with Gasteiger partial charge < -0.3 is 24.0 Å². The van der Waals surface area contributed by atoms with Gasteiger partial charge in [0.05, 0.1) is 33.9 Å². The van der Waals surface area contributed by atoms with Gasteiger partial charge in [0.15, 0.2) is 11.5 Å². The Hall–Kier alpha value is -8.18. The average molecular weight is 915 g/mol. The smallest absolute Gasteiger partial charge is 0.274 e. The molecule has 0 amide bonds. The SMILES string of the molecule is COc1cc([N+](=O)[O-])cc2c1OC1(C=C2)N(Cc2ccc(-c3ccc(-c4ccc(CN5c6ccccc6C(C)(C)C56C=Cc5cc([N+](=O)[O-])cc(C)c5O6)cc4)cc3)cc2)c2ccccc2C1(C)C. The molecule has 0 aliphatic carbocycles. The lowest BCUT2D eigenvalue weighted by Crippen LogP contribution is -2.59. The van der Waals surface area contributed by atoms with Crippen molar-refractivity contribution in [2.75, 3.05) is 16.9 Å². The second kappa shape index (κ2) is 15.7. The number of hydrogen-bond donors (Lipinski definition) is 0. The van der Waals surface area contributed by atoms with E-state index in [0.29, 0.717) is 41.5 Å². The zero-order valence-corrected chi connectivity index (χ0v) is 39.2. The molecule has 11 heteroatoms. The summed E-state index contributed by atoms with van der Waals surface area (Å²) >= 11 is 0. The minimum atomic E-state index is -0.944. The Balaban J connectivity index is 0.824. The largest absolute Gasteiger partial charge is 0.493 e. The second-order valence-electron chi connectivity index (χ2n) is 19.5. The van der Waals surface area contributed by atoms with Crippen LogP contribution in [0.25, 0.3) is 34.4 Å². The Morgan fingerprint density at radius 2 is 0.928 bits per heavy atom. The van der Waals surface area contributed by atoms with Crippen LogP contribution in [0.3, 0.4) is 0 Å². The van der Waals surface area contributed by atoms with E-state index < -0.39 is 27.2 Å². The highest BCUT2D eigenvalue weighted by Crippen LogP contribution is 2.58. The van der Waals surface area contributed by atoms with Crippen LogP contribution in [0.15, 0.2) is 158 Å². The number of hydrogen-bond acceptors (Lipinski definition) is 9. The van der Waals surface area contributed by atoms with Crippen molar-refractivity contribution in [3.05, 3.63) is 217 Å². The van der Waals surface area contributed by atoms with Gasteiger partial charge in [0, 0.05) is 53.8 Å². The Labute approximate surface area is 400 Å². The molecule has 0 saturated carbocycles. The van der Waals surface area contributed by atoms with Crippen molar-refractivity contribution in [3.63, 3.8) is 0 Å². The lowest BCUT2D eigenvalue weighted by molar-refractivity contribution is -0.385. The summed E-state index contributed by atoms with van der Waals surface area (Å²) < 4.78 is 19.8. The first-order valence-electron chi connectivity index (χ1n) is 23.1. The molecule has 11 rings (SSSR count). The first kappa shape index (κ1) is 43.4.